The monoisotopic (exact) mass is 125 g/mol. The summed E-state index contributed by atoms with van der Waals surface area (Å²) in [6.07, 6.45) is 4.26. The smallest absolute Gasteiger partial charge is 0.0219 e. The van der Waals surface area contributed by atoms with Crippen LogP contribution in [0.3, 0.4) is 0 Å². The molecule has 2 atom stereocenters. The molecule has 1 saturated heterocycles. The summed E-state index contributed by atoms with van der Waals surface area (Å²) in [6.45, 7) is 6.03. The topological polar surface area (TPSA) is 12.0 Å². The summed E-state index contributed by atoms with van der Waals surface area (Å²) in [4.78, 5) is 0. The third-order valence-electron chi connectivity index (χ3n) is 3.61. The van der Waals surface area contributed by atoms with Crippen LogP contribution < -0.4 is 5.32 Å². The van der Waals surface area contributed by atoms with Gasteiger partial charge >= 0.3 is 0 Å². The highest BCUT2D eigenvalue weighted by Gasteiger charge is 2.55. The van der Waals surface area contributed by atoms with Crippen molar-refractivity contribution in [2.24, 2.45) is 5.41 Å². The number of hydrogen-bond donors (Lipinski definition) is 1. The van der Waals surface area contributed by atoms with Crippen molar-refractivity contribution in [1.29, 1.82) is 0 Å². The number of hydrogen-bond acceptors (Lipinski definition) is 1. The average molecular weight is 125 g/mol. The Morgan fingerprint density at radius 3 is 2.22 bits per heavy atom. The quantitative estimate of drug-likeness (QED) is 0.518. The van der Waals surface area contributed by atoms with Crippen molar-refractivity contribution >= 4 is 0 Å². The van der Waals surface area contributed by atoms with E-state index in [4.69, 9.17) is 0 Å². The first kappa shape index (κ1) is 5.72. The Bertz CT molecular complexity index is 128. The van der Waals surface area contributed by atoms with E-state index in [1.165, 1.54) is 25.8 Å². The predicted octanol–water partition coefficient (Wildman–Crippen LogP) is 1.54. The molecule has 0 radical (unpaired) electrons. The van der Waals surface area contributed by atoms with E-state index in [1.807, 2.05) is 0 Å². The molecule has 1 heteroatoms. The van der Waals surface area contributed by atoms with Crippen LogP contribution in [0.4, 0.5) is 0 Å². The minimum absolute atomic E-state index is 0.521. The molecular weight excluding hydrogens is 110 g/mol. The van der Waals surface area contributed by atoms with Gasteiger partial charge in [0.1, 0.15) is 0 Å². The van der Waals surface area contributed by atoms with Gasteiger partial charge in [0.15, 0.2) is 0 Å². The maximum atomic E-state index is 3.52. The predicted molar refractivity (Wildman–Crippen MR) is 38.4 cm³/mol. The van der Waals surface area contributed by atoms with Gasteiger partial charge in [-0.3, -0.25) is 0 Å². The van der Waals surface area contributed by atoms with Crippen LogP contribution >= 0.6 is 0 Å². The van der Waals surface area contributed by atoms with Gasteiger partial charge in [-0.15, -0.1) is 0 Å². The van der Waals surface area contributed by atoms with Crippen molar-refractivity contribution in [3.8, 4) is 0 Å². The van der Waals surface area contributed by atoms with Crippen LogP contribution in [0.5, 0.6) is 0 Å². The summed E-state index contributed by atoms with van der Waals surface area (Å²) in [6, 6.07) is 0. The second kappa shape index (κ2) is 1.34. The molecule has 0 amide bonds. The van der Waals surface area contributed by atoms with Crippen molar-refractivity contribution in [2.45, 2.75) is 38.6 Å². The van der Waals surface area contributed by atoms with Crippen LogP contribution in [-0.4, -0.2) is 12.1 Å². The van der Waals surface area contributed by atoms with Gasteiger partial charge in [0.05, 0.1) is 0 Å². The van der Waals surface area contributed by atoms with Crippen LogP contribution in [0.1, 0.15) is 33.1 Å². The molecule has 1 saturated carbocycles. The third-order valence-corrected chi connectivity index (χ3v) is 3.61. The average Bonchev–Trinajstić information content (AvgIpc) is 1.98. The van der Waals surface area contributed by atoms with Crippen LogP contribution in [0.2, 0.25) is 0 Å². The Hall–Kier alpha value is -0.0400. The van der Waals surface area contributed by atoms with Gasteiger partial charge in [0.2, 0.25) is 0 Å². The lowest BCUT2D eigenvalue weighted by atomic mass is 9.68. The van der Waals surface area contributed by atoms with Gasteiger partial charge in [0, 0.05) is 12.1 Å². The van der Waals surface area contributed by atoms with Crippen LogP contribution in [0, 0.1) is 5.41 Å². The second-order valence-electron chi connectivity index (χ2n) is 4.10. The van der Waals surface area contributed by atoms with Crippen LogP contribution in [0.15, 0.2) is 0 Å². The maximum absolute atomic E-state index is 3.52. The zero-order valence-electron chi connectivity index (χ0n) is 6.33. The fraction of sp³-hybridized carbons (Fsp3) is 1.00. The van der Waals surface area contributed by atoms with Crippen molar-refractivity contribution in [3.05, 3.63) is 0 Å². The summed E-state index contributed by atoms with van der Waals surface area (Å²) in [5, 5.41) is 3.52. The highest BCUT2D eigenvalue weighted by atomic mass is 15.1. The summed E-state index contributed by atoms with van der Waals surface area (Å²) >= 11 is 0. The molecule has 2 aliphatic rings. The lowest BCUT2D eigenvalue weighted by Gasteiger charge is -2.53. The molecule has 1 N–H and O–H groups in total. The van der Waals surface area contributed by atoms with Gasteiger partial charge in [-0.05, 0) is 25.2 Å². The third kappa shape index (κ3) is 0.493. The van der Waals surface area contributed by atoms with E-state index in [0.717, 1.165) is 0 Å². The second-order valence-corrected chi connectivity index (χ2v) is 4.10. The van der Waals surface area contributed by atoms with Crippen LogP contribution in [0.25, 0.3) is 0 Å². The van der Waals surface area contributed by atoms with Crippen molar-refractivity contribution in [2.75, 3.05) is 6.54 Å². The van der Waals surface area contributed by atoms with E-state index in [0.29, 0.717) is 11.0 Å². The standard InChI is InChI=1S/C8H15N/c1-7-4-3-5-8(7,2)9-6-7/h9H,3-6H2,1-2H3/t7-,8-/m1/s1. The van der Waals surface area contributed by atoms with E-state index >= 15 is 0 Å². The Balaban J connectivity index is 2.26. The lowest BCUT2D eigenvalue weighted by molar-refractivity contribution is 0.0476. The summed E-state index contributed by atoms with van der Waals surface area (Å²) in [5.41, 5.74) is 1.18. The van der Waals surface area contributed by atoms with Crippen molar-refractivity contribution in [1.82, 2.24) is 5.32 Å². The minimum Gasteiger partial charge on any atom is -0.310 e. The fourth-order valence-electron chi connectivity index (χ4n) is 2.28. The van der Waals surface area contributed by atoms with Gasteiger partial charge in [-0.1, -0.05) is 13.3 Å². The first-order chi connectivity index (χ1) is 4.16. The summed E-state index contributed by atoms with van der Waals surface area (Å²) in [5.74, 6) is 0. The molecule has 0 aromatic heterocycles. The molecule has 2 fully saturated rings. The molecule has 1 aliphatic carbocycles. The summed E-state index contributed by atoms with van der Waals surface area (Å²) < 4.78 is 0. The van der Waals surface area contributed by atoms with E-state index in [-0.39, 0.29) is 0 Å². The molecule has 52 valence electrons. The maximum Gasteiger partial charge on any atom is 0.0219 e. The van der Waals surface area contributed by atoms with Gasteiger partial charge in [-0.2, -0.15) is 0 Å². The number of nitrogens with one attached hydrogen (secondary N) is 1. The largest absolute Gasteiger partial charge is 0.310 e. The molecule has 1 nitrogen and oxygen atoms in total. The number of fused-ring (bicyclic) bond motifs is 1. The highest BCUT2D eigenvalue weighted by Crippen LogP contribution is 2.51. The van der Waals surface area contributed by atoms with Gasteiger partial charge in [-0.25, -0.2) is 0 Å². The normalized spacial score (nSPS) is 56.7. The summed E-state index contributed by atoms with van der Waals surface area (Å²) in [7, 11) is 0. The molecule has 1 aliphatic heterocycles. The Labute approximate surface area is 56.8 Å². The number of rotatable bonds is 0. The molecule has 0 unspecified atom stereocenters. The Kier molecular flexibility index (Phi) is 0.852. The van der Waals surface area contributed by atoms with E-state index in [9.17, 15) is 0 Å². The Morgan fingerprint density at radius 2 is 2.00 bits per heavy atom. The zero-order valence-corrected chi connectivity index (χ0v) is 6.33. The zero-order chi connectivity index (χ0) is 6.54. The van der Waals surface area contributed by atoms with E-state index in [2.05, 4.69) is 19.2 Å². The van der Waals surface area contributed by atoms with Crippen molar-refractivity contribution < 1.29 is 0 Å². The minimum atomic E-state index is 0.521. The molecule has 0 aromatic carbocycles. The van der Waals surface area contributed by atoms with Crippen molar-refractivity contribution in [3.63, 3.8) is 0 Å². The van der Waals surface area contributed by atoms with Crippen LogP contribution in [-0.2, 0) is 0 Å². The molecule has 0 aromatic rings. The van der Waals surface area contributed by atoms with Gasteiger partial charge in [0.25, 0.3) is 0 Å². The molecular formula is C8H15N. The molecule has 9 heavy (non-hydrogen) atoms. The first-order valence-electron chi connectivity index (χ1n) is 3.91. The first-order valence-corrected chi connectivity index (χ1v) is 3.91. The fourth-order valence-corrected chi connectivity index (χ4v) is 2.28. The molecule has 0 spiro atoms. The SMILES string of the molecule is C[C@]12CCC[C@@]1(C)NC2. The molecule has 1 heterocycles. The molecule has 2 rings (SSSR count). The molecule has 0 bridgehead atoms. The lowest BCUT2D eigenvalue weighted by Crippen LogP contribution is -2.66. The van der Waals surface area contributed by atoms with E-state index < -0.39 is 0 Å². The van der Waals surface area contributed by atoms with Gasteiger partial charge < -0.3 is 5.32 Å². The highest BCUT2D eigenvalue weighted by molar-refractivity contribution is 5.12. The Morgan fingerprint density at radius 1 is 1.22 bits per heavy atom. The van der Waals surface area contributed by atoms with E-state index in [1.54, 1.807) is 0 Å².